The average molecular weight is 433 g/mol. The van der Waals surface area contributed by atoms with Gasteiger partial charge in [0.25, 0.3) is 0 Å². The van der Waals surface area contributed by atoms with Crippen LogP contribution >= 0.6 is 23.2 Å². The van der Waals surface area contributed by atoms with Crippen molar-refractivity contribution in [3.63, 3.8) is 0 Å². The third kappa shape index (κ3) is 5.52. The number of hydrogen-bond acceptors (Lipinski definition) is 4. The molecule has 0 aliphatic heterocycles. The summed E-state index contributed by atoms with van der Waals surface area (Å²) in [6.45, 7) is 4.61. The van der Waals surface area contributed by atoms with Crippen molar-refractivity contribution in [1.29, 1.82) is 0 Å². The van der Waals surface area contributed by atoms with Crippen molar-refractivity contribution in [2.45, 2.75) is 33.4 Å². The van der Waals surface area contributed by atoms with Crippen molar-refractivity contribution in [3.8, 4) is 5.75 Å². The average Bonchev–Trinajstić information content (AvgIpc) is 3.02. The first-order valence-electron chi connectivity index (χ1n) is 9.15. The summed E-state index contributed by atoms with van der Waals surface area (Å²) in [4.78, 5) is 14.2. The van der Waals surface area contributed by atoms with Crippen LogP contribution in [0.3, 0.4) is 0 Å². The maximum absolute atomic E-state index is 12.5. The SMILES string of the molecule is Cc1noc(C)c1COc1ccc(CC(=O)N(C)Cc2ccc(Cl)c(Cl)c2)cc1. The molecular formula is C22H22Cl2N2O3. The van der Waals surface area contributed by atoms with E-state index in [4.69, 9.17) is 32.5 Å². The lowest BCUT2D eigenvalue weighted by molar-refractivity contribution is -0.129. The van der Waals surface area contributed by atoms with Crippen molar-refractivity contribution >= 4 is 29.1 Å². The van der Waals surface area contributed by atoms with Crippen LogP contribution in [-0.4, -0.2) is 23.0 Å². The van der Waals surface area contributed by atoms with Gasteiger partial charge in [-0.3, -0.25) is 4.79 Å². The first-order chi connectivity index (χ1) is 13.8. The largest absolute Gasteiger partial charge is 0.489 e. The molecule has 0 saturated carbocycles. The number of ether oxygens (including phenoxy) is 1. The zero-order valence-electron chi connectivity index (χ0n) is 16.5. The summed E-state index contributed by atoms with van der Waals surface area (Å²) in [6, 6.07) is 12.9. The summed E-state index contributed by atoms with van der Waals surface area (Å²) < 4.78 is 10.9. The first kappa shape index (κ1) is 21.2. The molecule has 0 N–H and O–H groups in total. The lowest BCUT2D eigenvalue weighted by atomic mass is 10.1. The van der Waals surface area contributed by atoms with E-state index < -0.39 is 0 Å². The Morgan fingerprint density at radius 2 is 1.76 bits per heavy atom. The molecule has 1 heterocycles. The zero-order chi connectivity index (χ0) is 21.0. The van der Waals surface area contributed by atoms with E-state index >= 15 is 0 Å². The number of likely N-dealkylation sites (N-methyl/N-ethyl adjacent to an activating group) is 1. The molecule has 0 atom stereocenters. The van der Waals surface area contributed by atoms with Gasteiger partial charge in [-0.2, -0.15) is 0 Å². The fraction of sp³-hybridized carbons (Fsp3) is 0.273. The van der Waals surface area contributed by atoms with Crippen molar-refractivity contribution in [3.05, 3.63) is 80.7 Å². The maximum atomic E-state index is 12.5. The second-order valence-corrected chi connectivity index (χ2v) is 7.72. The number of nitrogens with zero attached hydrogens (tertiary/aromatic N) is 2. The molecule has 0 aliphatic rings. The summed E-state index contributed by atoms with van der Waals surface area (Å²) in [6.07, 6.45) is 0.308. The molecule has 0 unspecified atom stereocenters. The molecule has 0 spiro atoms. The third-order valence-corrected chi connectivity index (χ3v) is 5.41. The van der Waals surface area contributed by atoms with Gasteiger partial charge in [-0.1, -0.05) is 46.6 Å². The number of amides is 1. The molecule has 3 aromatic rings. The predicted molar refractivity (Wildman–Crippen MR) is 113 cm³/mol. The number of rotatable bonds is 7. The highest BCUT2D eigenvalue weighted by atomic mass is 35.5. The highest BCUT2D eigenvalue weighted by Crippen LogP contribution is 2.23. The van der Waals surface area contributed by atoms with Crippen LogP contribution in [0.2, 0.25) is 10.0 Å². The molecule has 1 amide bonds. The van der Waals surface area contributed by atoms with Gasteiger partial charge in [0.05, 0.1) is 27.7 Å². The quantitative estimate of drug-likeness (QED) is 0.502. The molecule has 3 rings (SSSR count). The van der Waals surface area contributed by atoms with E-state index in [0.29, 0.717) is 29.6 Å². The van der Waals surface area contributed by atoms with Gasteiger partial charge in [-0.15, -0.1) is 0 Å². The second-order valence-electron chi connectivity index (χ2n) is 6.91. The Balaban J connectivity index is 1.54. The number of carbonyl (C=O) groups is 1. The van der Waals surface area contributed by atoms with Crippen LogP contribution in [0.15, 0.2) is 47.0 Å². The Morgan fingerprint density at radius 3 is 2.38 bits per heavy atom. The molecule has 152 valence electrons. The summed E-state index contributed by atoms with van der Waals surface area (Å²) in [5.74, 6) is 1.50. The van der Waals surface area contributed by atoms with Gasteiger partial charge in [-0.25, -0.2) is 0 Å². The number of hydrogen-bond donors (Lipinski definition) is 0. The molecule has 0 bridgehead atoms. The van der Waals surface area contributed by atoms with Gasteiger partial charge < -0.3 is 14.2 Å². The van der Waals surface area contributed by atoms with E-state index in [0.717, 1.165) is 33.9 Å². The molecule has 0 radical (unpaired) electrons. The summed E-state index contributed by atoms with van der Waals surface area (Å²) in [5.41, 5.74) is 3.63. The van der Waals surface area contributed by atoms with Crippen LogP contribution in [0.5, 0.6) is 5.75 Å². The van der Waals surface area contributed by atoms with Crippen LogP contribution in [0.25, 0.3) is 0 Å². The number of aryl methyl sites for hydroxylation is 2. The van der Waals surface area contributed by atoms with E-state index in [-0.39, 0.29) is 5.91 Å². The molecule has 2 aromatic carbocycles. The Labute approximate surface area is 180 Å². The fourth-order valence-corrected chi connectivity index (χ4v) is 3.20. The van der Waals surface area contributed by atoms with Crippen LogP contribution in [0.4, 0.5) is 0 Å². The minimum atomic E-state index is 0.0143. The summed E-state index contributed by atoms with van der Waals surface area (Å²) >= 11 is 12.0. The van der Waals surface area contributed by atoms with Crippen molar-refractivity contribution in [1.82, 2.24) is 10.1 Å². The number of carbonyl (C=O) groups excluding carboxylic acids is 1. The smallest absolute Gasteiger partial charge is 0.227 e. The lowest BCUT2D eigenvalue weighted by Gasteiger charge is -2.18. The Morgan fingerprint density at radius 1 is 1.07 bits per heavy atom. The predicted octanol–water partition coefficient (Wildman–Crippen LogP) is 5.38. The topological polar surface area (TPSA) is 55.6 Å². The van der Waals surface area contributed by atoms with Gasteiger partial charge in [0.1, 0.15) is 18.1 Å². The van der Waals surface area contributed by atoms with Crippen molar-refractivity contribution < 1.29 is 14.1 Å². The Hall–Kier alpha value is -2.50. The normalized spacial score (nSPS) is 10.8. The lowest BCUT2D eigenvalue weighted by Crippen LogP contribution is -2.27. The molecular weight excluding hydrogens is 411 g/mol. The zero-order valence-corrected chi connectivity index (χ0v) is 18.0. The first-order valence-corrected chi connectivity index (χ1v) is 9.90. The molecule has 7 heteroatoms. The number of aromatic nitrogens is 1. The van der Waals surface area contributed by atoms with Gasteiger partial charge in [0, 0.05) is 13.6 Å². The summed E-state index contributed by atoms with van der Waals surface area (Å²) in [7, 11) is 1.77. The van der Waals surface area contributed by atoms with Crippen molar-refractivity contribution in [2.24, 2.45) is 0 Å². The fourth-order valence-electron chi connectivity index (χ4n) is 2.88. The van der Waals surface area contributed by atoms with E-state index in [9.17, 15) is 4.79 Å². The van der Waals surface area contributed by atoms with Crippen LogP contribution in [0.1, 0.15) is 28.1 Å². The van der Waals surface area contributed by atoms with Gasteiger partial charge in [0.2, 0.25) is 5.91 Å². The molecule has 29 heavy (non-hydrogen) atoms. The Kier molecular flexibility index (Phi) is 6.83. The summed E-state index contributed by atoms with van der Waals surface area (Å²) in [5, 5.41) is 4.90. The molecule has 0 aliphatic carbocycles. The van der Waals surface area contributed by atoms with Gasteiger partial charge in [-0.05, 0) is 49.2 Å². The number of benzene rings is 2. The second kappa shape index (κ2) is 9.33. The molecule has 0 fully saturated rings. The molecule has 1 aromatic heterocycles. The molecule has 0 saturated heterocycles. The minimum Gasteiger partial charge on any atom is -0.489 e. The minimum absolute atomic E-state index is 0.0143. The van der Waals surface area contributed by atoms with Crippen LogP contribution < -0.4 is 4.74 Å². The molecule has 5 nitrogen and oxygen atoms in total. The highest BCUT2D eigenvalue weighted by molar-refractivity contribution is 6.42. The van der Waals surface area contributed by atoms with E-state index in [1.807, 2.05) is 44.2 Å². The van der Waals surface area contributed by atoms with Crippen LogP contribution in [0, 0.1) is 13.8 Å². The third-order valence-electron chi connectivity index (χ3n) is 4.67. The Bertz CT molecular complexity index is 980. The van der Waals surface area contributed by atoms with Crippen molar-refractivity contribution in [2.75, 3.05) is 7.05 Å². The highest BCUT2D eigenvalue weighted by Gasteiger charge is 2.12. The monoisotopic (exact) mass is 432 g/mol. The van der Waals surface area contributed by atoms with E-state index in [1.54, 1.807) is 24.1 Å². The van der Waals surface area contributed by atoms with Crippen LogP contribution in [-0.2, 0) is 24.4 Å². The number of halogens is 2. The van der Waals surface area contributed by atoms with E-state index in [1.165, 1.54) is 0 Å². The van der Waals surface area contributed by atoms with Gasteiger partial charge >= 0.3 is 0 Å². The maximum Gasteiger partial charge on any atom is 0.227 e. The van der Waals surface area contributed by atoms with E-state index in [2.05, 4.69) is 5.16 Å². The van der Waals surface area contributed by atoms with Gasteiger partial charge in [0.15, 0.2) is 0 Å². The standard InChI is InChI=1S/C22H22Cl2N2O3/c1-14-19(15(2)29-25-14)13-28-18-7-4-16(5-8-18)11-22(27)26(3)12-17-6-9-20(23)21(24)10-17/h4-10H,11-13H2,1-3H3.